The second kappa shape index (κ2) is 4.96. The van der Waals surface area contributed by atoms with Crippen LogP contribution in [0.4, 0.5) is 5.82 Å². The van der Waals surface area contributed by atoms with Crippen LogP contribution >= 0.6 is 0 Å². The fraction of sp³-hybridized carbons (Fsp3) is 0.545. The van der Waals surface area contributed by atoms with E-state index in [1.54, 1.807) is 6.07 Å². The maximum atomic E-state index is 5.63. The molecule has 0 aliphatic carbocycles. The van der Waals surface area contributed by atoms with Gasteiger partial charge in [-0.3, -0.25) is 0 Å². The maximum absolute atomic E-state index is 5.63. The lowest BCUT2D eigenvalue weighted by atomic mass is 10.1. The maximum Gasteiger partial charge on any atom is 0.123 e. The second-order valence-electron chi connectivity index (χ2n) is 3.81. The highest BCUT2D eigenvalue weighted by atomic mass is 16.5. The average Bonchev–Trinajstić information content (AvgIpc) is 2.14. The van der Waals surface area contributed by atoms with Crippen molar-refractivity contribution in [1.82, 2.24) is 4.98 Å². The Morgan fingerprint density at radius 1 is 1.36 bits per heavy atom. The quantitative estimate of drug-likeness (QED) is 0.799. The lowest BCUT2D eigenvalue weighted by Gasteiger charge is -2.16. The monoisotopic (exact) mass is 194 g/mol. The minimum Gasteiger partial charge on any atom is -0.384 e. The van der Waals surface area contributed by atoms with Gasteiger partial charge in [0.2, 0.25) is 0 Å². The number of hydrogen-bond acceptors (Lipinski definition) is 3. The molecule has 0 aromatic carbocycles. The van der Waals surface area contributed by atoms with Crippen LogP contribution in [0.1, 0.15) is 26.5 Å². The normalized spacial score (nSPS) is 13.1. The highest BCUT2D eigenvalue weighted by Gasteiger charge is 2.07. The van der Waals surface area contributed by atoms with E-state index in [9.17, 15) is 0 Å². The summed E-state index contributed by atoms with van der Waals surface area (Å²) in [5.74, 6) is 1.07. The summed E-state index contributed by atoms with van der Waals surface area (Å²) < 4.78 is 5.63. The molecule has 0 aliphatic rings. The predicted molar refractivity (Wildman–Crippen MR) is 57.7 cm³/mol. The van der Waals surface area contributed by atoms with Gasteiger partial charge in [0.1, 0.15) is 5.82 Å². The number of pyridine rings is 1. The molecule has 1 aromatic rings. The number of aromatic nitrogens is 1. The molecule has 0 radical (unpaired) electrons. The van der Waals surface area contributed by atoms with Crippen LogP contribution in [-0.2, 0) is 11.3 Å². The Bertz CT molecular complexity index is 286. The number of rotatable bonds is 4. The minimum absolute atomic E-state index is 0.248. The van der Waals surface area contributed by atoms with E-state index in [4.69, 9.17) is 10.5 Å². The Balaban J connectivity index is 2.45. The fourth-order valence-corrected chi connectivity index (χ4v) is 0.988. The van der Waals surface area contributed by atoms with Gasteiger partial charge in [0, 0.05) is 0 Å². The summed E-state index contributed by atoms with van der Waals surface area (Å²) in [5, 5.41) is 0. The van der Waals surface area contributed by atoms with Gasteiger partial charge in [-0.25, -0.2) is 4.98 Å². The third-order valence-electron chi connectivity index (χ3n) is 2.26. The summed E-state index contributed by atoms with van der Waals surface area (Å²) in [6.07, 6.45) is 0.248. The highest BCUT2D eigenvalue weighted by Crippen LogP contribution is 2.09. The van der Waals surface area contributed by atoms with Crippen LogP contribution in [0.15, 0.2) is 18.2 Å². The van der Waals surface area contributed by atoms with Crippen molar-refractivity contribution < 1.29 is 4.74 Å². The molecule has 2 N–H and O–H groups in total. The van der Waals surface area contributed by atoms with Crippen LogP contribution in [0.3, 0.4) is 0 Å². The molecule has 0 saturated carbocycles. The standard InChI is InChI=1S/C11H18N2O/c1-8(2)9(3)14-7-10-5-4-6-11(12)13-10/h4-6,8-9H,7H2,1-3H3,(H2,12,13). The van der Waals surface area contributed by atoms with Crippen molar-refractivity contribution in [2.24, 2.45) is 5.92 Å². The first-order chi connectivity index (χ1) is 6.59. The third kappa shape index (κ3) is 3.34. The average molecular weight is 194 g/mol. The molecular formula is C11H18N2O. The Morgan fingerprint density at radius 3 is 2.64 bits per heavy atom. The highest BCUT2D eigenvalue weighted by molar-refractivity contribution is 5.28. The van der Waals surface area contributed by atoms with Crippen LogP contribution in [-0.4, -0.2) is 11.1 Å². The van der Waals surface area contributed by atoms with Gasteiger partial charge >= 0.3 is 0 Å². The molecule has 1 unspecified atom stereocenters. The van der Waals surface area contributed by atoms with Gasteiger partial charge in [0.05, 0.1) is 18.4 Å². The Kier molecular flexibility index (Phi) is 3.89. The number of hydrogen-bond donors (Lipinski definition) is 1. The van der Waals surface area contributed by atoms with Crippen molar-refractivity contribution in [3.8, 4) is 0 Å². The van der Waals surface area contributed by atoms with Crippen molar-refractivity contribution in [1.29, 1.82) is 0 Å². The van der Waals surface area contributed by atoms with Gasteiger partial charge in [-0.15, -0.1) is 0 Å². The first-order valence-electron chi connectivity index (χ1n) is 4.92. The van der Waals surface area contributed by atoms with Crippen molar-refractivity contribution in [2.75, 3.05) is 5.73 Å². The van der Waals surface area contributed by atoms with E-state index in [-0.39, 0.29) is 6.10 Å². The smallest absolute Gasteiger partial charge is 0.123 e. The number of anilines is 1. The zero-order valence-electron chi connectivity index (χ0n) is 9.03. The summed E-state index contributed by atoms with van der Waals surface area (Å²) >= 11 is 0. The summed E-state index contributed by atoms with van der Waals surface area (Å²) in [7, 11) is 0. The van der Waals surface area contributed by atoms with Crippen molar-refractivity contribution in [2.45, 2.75) is 33.5 Å². The molecule has 78 valence electrons. The summed E-state index contributed by atoms with van der Waals surface area (Å²) in [4.78, 5) is 4.16. The van der Waals surface area contributed by atoms with Crippen LogP contribution < -0.4 is 5.73 Å². The van der Waals surface area contributed by atoms with Crippen molar-refractivity contribution in [3.63, 3.8) is 0 Å². The molecule has 3 heteroatoms. The van der Waals surface area contributed by atoms with Crippen molar-refractivity contribution >= 4 is 5.82 Å². The molecule has 1 aromatic heterocycles. The van der Waals surface area contributed by atoms with Crippen molar-refractivity contribution in [3.05, 3.63) is 23.9 Å². The molecule has 0 bridgehead atoms. The summed E-state index contributed by atoms with van der Waals surface area (Å²) in [6, 6.07) is 5.58. The van der Waals surface area contributed by atoms with E-state index in [1.807, 2.05) is 12.1 Å². The number of ether oxygens (including phenoxy) is 1. The summed E-state index contributed by atoms with van der Waals surface area (Å²) in [6.45, 7) is 6.87. The minimum atomic E-state index is 0.248. The molecule has 1 rings (SSSR count). The topological polar surface area (TPSA) is 48.1 Å². The van der Waals surface area contributed by atoms with E-state index in [2.05, 4.69) is 25.8 Å². The molecule has 0 spiro atoms. The summed E-state index contributed by atoms with van der Waals surface area (Å²) in [5.41, 5.74) is 6.44. The molecule has 1 heterocycles. The zero-order valence-corrected chi connectivity index (χ0v) is 9.03. The largest absolute Gasteiger partial charge is 0.384 e. The molecule has 14 heavy (non-hydrogen) atoms. The first kappa shape index (κ1) is 11.0. The molecule has 0 fully saturated rings. The Hall–Kier alpha value is -1.09. The van der Waals surface area contributed by atoms with Crippen LogP contribution in [0.5, 0.6) is 0 Å². The molecule has 3 nitrogen and oxygen atoms in total. The van der Waals surface area contributed by atoms with E-state index in [0.717, 1.165) is 5.69 Å². The first-order valence-corrected chi connectivity index (χ1v) is 4.92. The van der Waals surface area contributed by atoms with Crippen LogP contribution in [0.2, 0.25) is 0 Å². The van der Waals surface area contributed by atoms with Gasteiger partial charge in [-0.2, -0.15) is 0 Å². The molecule has 0 saturated heterocycles. The van der Waals surface area contributed by atoms with E-state index >= 15 is 0 Å². The number of nitrogen functional groups attached to an aromatic ring is 1. The van der Waals surface area contributed by atoms with Gasteiger partial charge in [0.15, 0.2) is 0 Å². The van der Waals surface area contributed by atoms with Gasteiger partial charge in [0.25, 0.3) is 0 Å². The molecule has 0 aliphatic heterocycles. The lowest BCUT2D eigenvalue weighted by Crippen LogP contribution is -2.15. The Labute approximate surface area is 85.3 Å². The van der Waals surface area contributed by atoms with E-state index in [1.165, 1.54) is 0 Å². The SMILES string of the molecule is CC(C)C(C)OCc1cccc(N)n1. The molecule has 0 amide bonds. The Morgan fingerprint density at radius 2 is 2.07 bits per heavy atom. The van der Waals surface area contributed by atoms with E-state index < -0.39 is 0 Å². The van der Waals surface area contributed by atoms with Crippen LogP contribution in [0.25, 0.3) is 0 Å². The molecular weight excluding hydrogens is 176 g/mol. The van der Waals surface area contributed by atoms with Gasteiger partial charge in [-0.05, 0) is 25.0 Å². The molecule has 1 atom stereocenters. The predicted octanol–water partition coefficient (Wildman–Crippen LogP) is 2.22. The third-order valence-corrected chi connectivity index (χ3v) is 2.26. The van der Waals surface area contributed by atoms with E-state index in [0.29, 0.717) is 18.3 Å². The zero-order chi connectivity index (χ0) is 10.6. The van der Waals surface area contributed by atoms with Gasteiger partial charge < -0.3 is 10.5 Å². The van der Waals surface area contributed by atoms with Crippen LogP contribution in [0, 0.1) is 5.92 Å². The number of nitrogens with zero attached hydrogens (tertiary/aromatic N) is 1. The second-order valence-corrected chi connectivity index (χ2v) is 3.81. The number of nitrogens with two attached hydrogens (primary N) is 1. The van der Waals surface area contributed by atoms with Gasteiger partial charge in [-0.1, -0.05) is 19.9 Å². The fourth-order valence-electron chi connectivity index (χ4n) is 0.988. The lowest BCUT2D eigenvalue weighted by molar-refractivity contribution is 0.0219.